The minimum absolute atomic E-state index is 0. The Morgan fingerprint density at radius 1 is 1.21 bits per heavy atom. The van der Waals surface area contributed by atoms with Crippen LogP contribution >= 0.6 is 35.6 Å². The zero-order chi connectivity index (χ0) is 20.4. The molecule has 1 amide bonds. The van der Waals surface area contributed by atoms with E-state index < -0.39 is 5.91 Å². The van der Waals surface area contributed by atoms with Crippen LogP contribution in [-0.2, 0) is 17.6 Å². The Bertz CT molecular complexity index is 817. The van der Waals surface area contributed by atoms with Crippen molar-refractivity contribution in [1.29, 1.82) is 0 Å². The summed E-state index contributed by atoms with van der Waals surface area (Å²) in [7, 11) is 0. The Labute approximate surface area is 186 Å². The van der Waals surface area contributed by atoms with E-state index in [2.05, 4.69) is 10.5 Å². The fraction of sp³-hybridized carbons (Fsp3) is 0.300. The molecule has 0 aliphatic heterocycles. The summed E-state index contributed by atoms with van der Waals surface area (Å²) in [5, 5.41) is 15.9. The van der Waals surface area contributed by atoms with Crippen LogP contribution in [0.15, 0.2) is 47.6 Å². The lowest BCUT2D eigenvalue weighted by Gasteiger charge is -2.14. The number of oxime groups is 1. The van der Waals surface area contributed by atoms with E-state index in [0.29, 0.717) is 53.9 Å². The fourth-order valence-electron chi connectivity index (χ4n) is 2.57. The van der Waals surface area contributed by atoms with Gasteiger partial charge >= 0.3 is 0 Å². The molecule has 29 heavy (non-hydrogen) atoms. The van der Waals surface area contributed by atoms with E-state index in [1.54, 1.807) is 12.1 Å². The zero-order valence-corrected chi connectivity index (χ0v) is 18.1. The summed E-state index contributed by atoms with van der Waals surface area (Å²) in [6, 6.07) is 13.0. The summed E-state index contributed by atoms with van der Waals surface area (Å²) in [4.78, 5) is 12.4. The number of hydrogen-bond acceptors (Lipinski definition) is 5. The van der Waals surface area contributed by atoms with Crippen molar-refractivity contribution in [2.45, 2.75) is 19.3 Å². The molecule has 0 spiro atoms. The van der Waals surface area contributed by atoms with Gasteiger partial charge in [-0.05, 0) is 37.1 Å². The van der Waals surface area contributed by atoms with Crippen molar-refractivity contribution in [1.82, 2.24) is 5.32 Å². The predicted octanol–water partition coefficient (Wildman–Crippen LogP) is 3.87. The van der Waals surface area contributed by atoms with Crippen LogP contribution in [0.2, 0.25) is 10.0 Å². The van der Waals surface area contributed by atoms with E-state index in [-0.39, 0.29) is 24.5 Å². The Balaban J connectivity index is 0.00000420. The van der Waals surface area contributed by atoms with Crippen LogP contribution in [-0.4, -0.2) is 36.5 Å². The number of nitrogens with zero attached hydrogens (tertiary/aromatic N) is 1. The monoisotopic (exact) mass is 459 g/mol. The molecule has 0 aromatic heterocycles. The topological polar surface area (TPSA) is 96.9 Å². The SMILES string of the molecule is Cl.NCCCOc1c(Cl)cc(Cl)cc1C/C(=N\O)C(=O)NCCc1ccccc1. The zero-order valence-electron chi connectivity index (χ0n) is 15.7. The molecule has 0 fully saturated rings. The smallest absolute Gasteiger partial charge is 0.269 e. The molecule has 9 heteroatoms. The first kappa shape index (κ1) is 25.0. The second kappa shape index (κ2) is 13.3. The molecule has 0 saturated carbocycles. The molecule has 2 rings (SSSR count). The summed E-state index contributed by atoms with van der Waals surface area (Å²) < 4.78 is 5.69. The van der Waals surface area contributed by atoms with Gasteiger partial charge in [0.1, 0.15) is 11.5 Å². The average molecular weight is 461 g/mol. The van der Waals surface area contributed by atoms with E-state index in [9.17, 15) is 10.0 Å². The van der Waals surface area contributed by atoms with Gasteiger partial charge in [0.25, 0.3) is 5.91 Å². The quantitative estimate of drug-likeness (QED) is 0.217. The number of halogens is 3. The summed E-state index contributed by atoms with van der Waals surface area (Å²) in [6.45, 7) is 1.27. The predicted molar refractivity (Wildman–Crippen MR) is 119 cm³/mol. The molecule has 0 radical (unpaired) electrons. The minimum Gasteiger partial charge on any atom is -0.492 e. The molecule has 0 bridgehead atoms. The summed E-state index contributed by atoms with van der Waals surface area (Å²) >= 11 is 12.3. The lowest BCUT2D eigenvalue weighted by Crippen LogP contribution is -2.33. The molecule has 0 atom stereocenters. The maximum Gasteiger partial charge on any atom is 0.269 e. The van der Waals surface area contributed by atoms with Crippen molar-refractivity contribution in [3.8, 4) is 5.75 Å². The Kier molecular flexibility index (Phi) is 11.5. The Morgan fingerprint density at radius 2 is 1.93 bits per heavy atom. The maximum absolute atomic E-state index is 12.4. The molecule has 6 nitrogen and oxygen atoms in total. The second-order valence-corrected chi connectivity index (χ2v) is 6.93. The molecule has 4 N–H and O–H groups in total. The first-order valence-electron chi connectivity index (χ1n) is 8.89. The standard InChI is InChI=1S/C20H23Cl2N3O3.ClH/c21-16-11-15(19(17(22)13-16)28-10-4-8-23)12-18(25-27)20(26)24-9-7-14-5-2-1-3-6-14;/h1-3,5-6,11,13,27H,4,7-10,12,23H2,(H,24,26);1H/b25-18+;. The highest BCUT2D eigenvalue weighted by molar-refractivity contribution is 6.39. The number of carbonyl (C=O) groups is 1. The van der Waals surface area contributed by atoms with Crippen molar-refractivity contribution in [3.63, 3.8) is 0 Å². The van der Waals surface area contributed by atoms with Gasteiger partial charge in [-0.1, -0.05) is 58.7 Å². The summed E-state index contributed by atoms with van der Waals surface area (Å²) in [6.07, 6.45) is 1.34. The number of nitrogens with two attached hydrogens (primary N) is 1. The van der Waals surface area contributed by atoms with Crippen molar-refractivity contribution in [2.24, 2.45) is 10.9 Å². The third kappa shape index (κ3) is 8.11. The van der Waals surface area contributed by atoms with Gasteiger partial charge in [0, 0.05) is 23.6 Å². The number of ether oxygens (including phenoxy) is 1. The first-order chi connectivity index (χ1) is 13.5. The third-order valence-electron chi connectivity index (χ3n) is 3.96. The van der Waals surface area contributed by atoms with E-state index in [4.69, 9.17) is 33.7 Å². The molecule has 0 heterocycles. The van der Waals surface area contributed by atoms with E-state index in [0.717, 1.165) is 5.56 Å². The van der Waals surface area contributed by atoms with Crippen LogP contribution < -0.4 is 15.8 Å². The van der Waals surface area contributed by atoms with Gasteiger partial charge in [-0.25, -0.2) is 0 Å². The van der Waals surface area contributed by atoms with Crippen LogP contribution in [0.25, 0.3) is 0 Å². The fourth-order valence-corrected chi connectivity index (χ4v) is 3.16. The van der Waals surface area contributed by atoms with Gasteiger partial charge < -0.3 is 21.0 Å². The van der Waals surface area contributed by atoms with Crippen LogP contribution in [0.5, 0.6) is 5.75 Å². The van der Waals surface area contributed by atoms with Crippen LogP contribution in [0.1, 0.15) is 17.5 Å². The number of benzene rings is 2. The van der Waals surface area contributed by atoms with E-state index in [1.165, 1.54) is 0 Å². The van der Waals surface area contributed by atoms with E-state index in [1.807, 2.05) is 30.3 Å². The van der Waals surface area contributed by atoms with Crippen molar-refractivity contribution >= 4 is 47.2 Å². The second-order valence-electron chi connectivity index (χ2n) is 6.08. The first-order valence-corrected chi connectivity index (χ1v) is 9.64. The Morgan fingerprint density at radius 3 is 2.59 bits per heavy atom. The number of carbonyl (C=O) groups excluding carboxylic acids is 1. The lowest BCUT2D eigenvalue weighted by molar-refractivity contribution is -0.115. The highest BCUT2D eigenvalue weighted by Crippen LogP contribution is 2.33. The van der Waals surface area contributed by atoms with Gasteiger partial charge in [-0.3, -0.25) is 4.79 Å². The summed E-state index contributed by atoms with van der Waals surface area (Å²) in [5.74, 6) is -0.0693. The third-order valence-corrected chi connectivity index (χ3v) is 4.46. The molecule has 2 aromatic carbocycles. The maximum atomic E-state index is 12.4. The van der Waals surface area contributed by atoms with Crippen LogP contribution in [0.3, 0.4) is 0 Å². The molecular formula is C20H24Cl3N3O3. The summed E-state index contributed by atoms with van der Waals surface area (Å²) in [5.41, 5.74) is 7.08. The normalized spacial score (nSPS) is 10.9. The average Bonchev–Trinajstić information content (AvgIpc) is 2.68. The lowest BCUT2D eigenvalue weighted by atomic mass is 10.1. The number of nitrogens with one attached hydrogen (secondary N) is 1. The van der Waals surface area contributed by atoms with Crippen LogP contribution in [0, 0.1) is 0 Å². The van der Waals surface area contributed by atoms with Gasteiger partial charge in [0.05, 0.1) is 11.6 Å². The van der Waals surface area contributed by atoms with Gasteiger partial charge in [0.2, 0.25) is 0 Å². The molecule has 0 aliphatic carbocycles. The van der Waals surface area contributed by atoms with Gasteiger partial charge in [-0.15, -0.1) is 12.4 Å². The highest BCUT2D eigenvalue weighted by atomic mass is 35.5. The van der Waals surface area contributed by atoms with Gasteiger partial charge in [0.15, 0.2) is 0 Å². The highest BCUT2D eigenvalue weighted by Gasteiger charge is 2.18. The molecule has 0 saturated heterocycles. The molecular weight excluding hydrogens is 437 g/mol. The van der Waals surface area contributed by atoms with Crippen molar-refractivity contribution < 1.29 is 14.7 Å². The van der Waals surface area contributed by atoms with Crippen molar-refractivity contribution in [2.75, 3.05) is 19.7 Å². The largest absolute Gasteiger partial charge is 0.492 e. The molecule has 0 unspecified atom stereocenters. The molecule has 0 aliphatic rings. The Hall–Kier alpha value is -1.99. The minimum atomic E-state index is -0.470. The molecule has 2 aromatic rings. The van der Waals surface area contributed by atoms with Crippen molar-refractivity contribution in [3.05, 3.63) is 63.6 Å². The number of amides is 1. The molecule has 158 valence electrons. The van der Waals surface area contributed by atoms with E-state index >= 15 is 0 Å². The van der Waals surface area contributed by atoms with Crippen LogP contribution in [0.4, 0.5) is 0 Å². The number of hydrogen-bond donors (Lipinski definition) is 3. The number of rotatable bonds is 10. The van der Waals surface area contributed by atoms with Gasteiger partial charge in [-0.2, -0.15) is 0 Å².